The molecular weight excluding hydrogens is 276 g/mol. The van der Waals surface area contributed by atoms with Crippen molar-refractivity contribution < 1.29 is 0 Å². The molecule has 0 heterocycles. The lowest BCUT2D eigenvalue weighted by atomic mass is 9.91. The van der Waals surface area contributed by atoms with Crippen LogP contribution < -0.4 is 0 Å². The summed E-state index contributed by atoms with van der Waals surface area (Å²) >= 11 is 0. The minimum absolute atomic E-state index is 1.07. The molecule has 0 radical (unpaired) electrons. The van der Waals surface area contributed by atoms with E-state index in [1.54, 1.807) is 0 Å². The van der Waals surface area contributed by atoms with Gasteiger partial charge < -0.3 is 0 Å². The molecule has 0 fully saturated rings. The smallest absolute Gasteiger partial charge is 0.00131 e. The molecule has 0 aromatic heterocycles. The summed E-state index contributed by atoms with van der Waals surface area (Å²) in [7, 11) is 0. The predicted molar refractivity (Wildman–Crippen MR) is 98.7 cm³/mol. The molecule has 0 spiro atoms. The topological polar surface area (TPSA) is 0 Å². The van der Waals surface area contributed by atoms with Gasteiger partial charge in [-0.1, -0.05) is 80.1 Å². The van der Waals surface area contributed by atoms with Crippen molar-refractivity contribution in [3.8, 4) is 22.3 Å². The molecule has 1 aliphatic rings. The molecule has 0 bridgehead atoms. The van der Waals surface area contributed by atoms with Crippen LogP contribution in [0.15, 0.2) is 66.7 Å². The Labute approximate surface area is 138 Å². The molecule has 4 rings (SSSR count). The van der Waals surface area contributed by atoms with Crippen LogP contribution in [0.5, 0.6) is 0 Å². The Hall–Kier alpha value is -2.34. The number of hydrogen-bond donors (Lipinski definition) is 0. The highest BCUT2D eigenvalue weighted by atomic mass is 14.3. The summed E-state index contributed by atoms with van der Waals surface area (Å²) in [6.45, 7) is 2.27. The van der Waals surface area contributed by atoms with E-state index in [-0.39, 0.29) is 0 Å². The minimum atomic E-state index is 1.07. The maximum absolute atomic E-state index is 2.44. The van der Waals surface area contributed by atoms with Gasteiger partial charge in [0.1, 0.15) is 0 Å². The average Bonchev–Trinajstić information content (AvgIpc) is 2.98. The van der Waals surface area contributed by atoms with Crippen LogP contribution in [-0.2, 0) is 12.8 Å². The predicted octanol–water partition coefficient (Wildman–Crippen LogP) is 6.27. The van der Waals surface area contributed by atoms with E-state index in [0.717, 1.165) is 6.42 Å². The van der Waals surface area contributed by atoms with E-state index in [4.69, 9.17) is 0 Å². The number of aryl methyl sites for hydroxylation is 1. The van der Waals surface area contributed by atoms with E-state index in [2.05, 4.69) is 73.7 Å². The lowest BCUT2D eigenvalue weighted by Gasteiger charge is -2.13. The molecule has 0 atom stereocenters. The van der Waals surface area contributed by atoms with Gasteiger partial charge in [-0.15, -0.1) is 0 Å². The van der Waals surface area contributed by atoms with Gasteiger partial charge in [-0.25, -0.2) is 0 Å². The normalized spacial score (nSPS) is 12.0. The maximum Gasteiger partial charge on any atom is -0.00131 e. The zero-order valence-corrected chi connectivity index (χ0v) is 13.7. The summed E-state index contributed by atoms with van der Waals surface area (Å²) in [5.41, 5.74) is 10.1. The maximum atomic E-state index is 2.44. The van der Waals surface area contributed by atoms with Crippen LogP contribution in [-0.4, -0.2) is 0 Å². The van der Waals surface area contributed by atoms with Crippen molar-refractivity contribution in [1.82, 2.24) is 0 Å². The summed E-state index contributed by atoms with van der Waals surface area (Å²) in [4.78, 5) is 0. The Morgan fingerprint density at radius 2 is 1.57 bits per heavy atom. The number of benzene rings is 3. The van der Waals surface area contributed by atoms with Crippen molar-refractivity contribution in [2.24, 2.45) is 0 Å². The molecule has 0 N–H and O–H groups in total. The summed E-state index contributed by atoms with van der Waals surface area (Å²) in [5.74, 6) is 0. The third-order valence-electron chi connectivity index (χ3n) is 4.85. The molecule has 0 unspecified atom stereocenters. The van der Waals surface area contributed by atoms with Gasteiger partial charge in [-0.2, -0.15) is 0 Å². The Morgan fingerprint density at radius 1 is 0.783 bits per heavy atom. The average molecular weight is 298 g/mol. The van der Waals surface area contributed by atoms with Crippen molar-refractivity contribution in [2.45, 2.75) is 32.6 Å². The molecule has 1 aliphatic carbocycles. The first kappa shape index (κ1) is 14.3. The molecule has 23 heavy (non-hydrogen) atoms. The fraction of sp³-hybridized carbons (Fsp3) is 0.217. The Morgan fingerprint density at radius 3 is 2.39 bits per heavy atom. The van der Waals surface area contributed by atoms with Crippen LogP contribution in [0.25, 0.3) is 22.3 Å². The van der Waals surface area contributed by atoms with Gasteiger partial charge in [-0.05, 0) is 58.2 Å². The van der Waals surface area contributed by atoms with Crippen LogP contribution in [0.2, 0.25) is 0 Å². The van der Waals surface area contributed by atoms with Crippen LogP contribution in [0.4, 0.5) is 0 Å². The van der Waals surface area contributed by atoms with Crippen molar-refractivity contribution in [1.29, 1.82) is 0 Å². The van der Waals surface area contributed by atoms with E-state index in [9.17, 15) is 0 Å². The van der Waals surface area contributed by atoms with Gasteiger partial charge in [0.25, 0.3) is 0 Å². The first-order chi connectivity index (χ1) is 11.4. The summed E-state index contributed by atoms with van der Waals surface area (Å²) in [5, 5.41) is 0. The second-order valence-electron chi connectivity index (χ2n) is 6.48. The standard InChI is InChI=1S/C23H22/c1-2-3-9-17-14-20-16-19-12-7-8-13-21(19)23(20)22(15-17)18-10-5-4-6-11-18/h4-8,10-15H,2-3,9,16H2,1H3. The highest BCUT2D eigenvalue weighted by Gasteiger charge is 2.22. The molecule has 3 aromatic rings. The summed E-state index contributed by atoms with van der Waals surface area (Å²) in [6, 6.07) is 24.6. The van der Waals surface area contributed by atoms with Crippen LogP contribution in [0, 0.1) is 0 Å². The van der Waals surface area contributed by atoms with Crippen molar-refractivity contribution in [3.63, 3.8) is 0 Å². The third kappa shape index (κ3) is 2.59. The van der Waals surface area contributed by atoms with Gasteiger partial charge in [-0.3, -0.25) is 0 Å². The summed E-state index contributed by atoms with van der Waals surface area (Å²) in [6.07, 6.45) is 4.77. The van der Waals surface area contributed by atoms with Gasteiger partial charge >= 0.3 is 0 Å². The molecule has 0 amide bonds. The molecular formula is C23H22. The molecule has 0 nitrogen and oxygen atoms in total. The van der Waals surface area contributed by atoms with E-state index in [0.29, 0.717) is 0 Å². The lowest BCUT2D eigenvalue weighted by molar-refractivity contribution is 0.794. The summed E-state index contributed by atoms with van der Waals surface area (Å²) < 4.78 is 0. The first-order valence-electron chi connectivity index (χ1n) is 8.66. The SMILES string of the molecule is CCCCc1cc2c(c(-c3ccccc3)c1)-c1ccccc1C2. The fourth-order valence-corrected chi connectivity index (χ4v) is 3.72. The Kier molecular flexibility index (Phi) is 3.75. The van der Waals surface area contributed by atoms with Crippen molar-refractivity contribution >= 4 is 0 Å². The second kappa shape index (κ2) is 6.04. The zero-order valence-electron chi connectivity index (χ0n) is 13.7. The molecule has 0 saturated heterocycles. The highest BCUT2D eigenvalue weighted by molar-refractivity contribution is 5.90. The number of unbranched alkanes of at least 4 members (excludes halogenated alkanes) is 1. The van der Waals surface area contributed by atoms with E-state index in [1.807, 2.05) is 0 Å². The number of hydrogen-bond acceptors (Lipinski definition) is 0. The van der Waals surface area contributed by atoms with Crippen LogP contribution >= 0.6 is 0 Å². The minimum Gasteiger partial charge on any atom is -0.0654 e. The Balaban J connectivity index is 1.91. The first-order valence-corrected chi connectivity index (χ1v) is 8.66. The van der Waals surface area contributed by atoms with Gasteiger partial charge in [0.2, 0.25) is 0 Å². The monoisotopic (exact) mass is 298 g/mol. The largest absolute Gasteiger partial charge is 0.0654 e. The molecule has 114 valence electrons. The van der Waals surface area contributed by atoms with Crippen molar-refractivity contribution in [2.75, 3.05) is 0 Å². The number of fused-ring (bicyclic) bond motifs is 3. The zero-order chi connectivity index (χ0) is 15.6. The molecule has 0 heteroatoms. The molecule has 0 aliphatic heterocycles. The Bertz CT molecular complexity index is 828. The van der Waals surface area contributed by atoms with Crippen LogP contribution in [0.3, 0.4) is 0 Å². The lowest BCUT2D eigenvalue weighted by Crippen LogP contribution is -1.92. The van der Waals surface area contributed by atoms with Gasteiger partial charge in [0.15, 0.2) is 0 Å². The van der Waals surface area contributed by atoms with E-state index >= 15 is 0 Å². The van der Waals surface area contributed by atoms with E-state index in [1.165, 1.54) is 58.2 Å². The van der Waals surface area contributed by atoms with Gasteiger partial charge in [0, 0.05) is 0 Å². The second-order valence-corrected chi connectivity index (χ2v) is 6.48. The van der Waals surface area contributed by atoms with E-state index < -0.39 is 0 Å². The molecule has 3 aromatic carbocycles. The van der Waals surface area contributed by atoms with Gasteiger partial charge in [0.05, 0.1) is 0 Å². The van der Waals surface area contributed by atoms with Crippen LogP contribution in [0.1, 0.15) is 36.5 Å². The van der Waals surface area contributed by atoms with Crippen molar-refractivity contribution in [3.05, 3.63) is 83.4 Å². The molecule has 0 saturated carbocycles. The quantitative estimate of drug-likeness (QED) is 0.416. The number of rotatable bonds is 4. The third-order valence-corrected chi connectivity index (χ3v) is 4.85. The highest BCUT2D eigenvalue weighted by Crippen LogP contribution is 2.43. The fourth-order valence-electron chi connectivity index (χ4n) is 3.72.